The molecule has 0 bridgehead atoms. The Balaban J connectivity index is 0.000000364. The summed E-state index contributed by atoms with van der Waals surface area (Å²) in [6, 6.07) is 3.34. The van der Waals surface area contributed by atoms with Crippen molar-refractivity contribution in [2.75, 3.05) is 0 Å². The molecule has 14 heavy (non-hydrogen) atoms. The number of hydrogen-bond acceptors (Lipinski definition) is 2. The summed E-state index contributed by atoms with van der Waals surface area (Å²) in [5.74, 6) is -0.0666. The molecule has 2 heteroatoms. The molecule has 1 aromatic carbocycles. The molecule has 0 aromatic heterocycles. The fraction of sp³-hybridized carbons (Fsp3) is 0.500. The largest absolute Gasteiger partial charge is 0.504 e. The molecule has 80 valence electrons. The number of unbranched alkanes of at least 4 members (excludes halogenated alkanes) is 1. The maximum absolute atomic E-state index is 9.08. The van der Waals surface area contributed by atoms with Gasteiger partial charge in [-0.3, -0.25) is 0 Å². The van der Waals surface area contributed by atoms with E-state index in [2.05, 4.69) is 13.8 Å². The number of hydrogen-bond donors (Lipinski definition) is 2. The Hall–Kier alpha value is -1.18. The van der Waals surface area contributed by atoms with Crippen molar-refractivity contribution in [3.8, 4) is 11.5 Å². The first-order valence-corrected chi connectivity index (χ1v) is 5.02. The maximum atomic E-state index is 9.08. The lowest BCUT2D eigenvalue weighted by molar-refractivity contribution is 0.400. The summed E-state index contributed by atoms with van der Waals surface area (Å²) < 4.78 is 0. The van der Waals surface area contributed by atoms with Gasteiger partial charge in [0.05, 0.1) is 0 Å². The normalized spacial score (nSPS) is 9.14. The first-order chi connectivity index (χ1) is 6.52. The highest BCUT2D eigenvalue weighted by Gasteiger charge is 2.01. The fourth-order valence-corrected chi connectivity index (χ4v) is 0.938. The molecule has 0 spiro atoms. The number of phenolic OH excluding ortho intramolecular Hbond substituents is 2. The van der Waals surface area contributed by atoms with E-state index in [-0.39, 0.29) is 11.5 Å². The van der Waals surface area contributed by atoms with E-state index in [0.29, 0.717) is 5.56 Å². The molecule has 0 saturated heterocycles. The second-order valence-electron chi connectivity index (χ2n) is 3.45. The fourth-order valence-electron chi connectivity index (χ4n) is 0.938. The van der Waals surface area contributed by atoms with Crippen LogP contribution < -0.4 is 0 Å². The maximum Gasteiger partial charge on any atom is 0.160 e. The van der Waals surface area contributed by atoms with Crippen molar-refractivity contribution >= 4 is 0 Å². The third kappa shape index (κ3) is 4.17. The van der Waals surface area contributed by atoms with Gasteiger partial charge in [0, 0.05) is 0 Å². The molecular formula is C12H20O2. The Morgan fingerprint density at radius 3 is 1.86 bits per heavy atom. The summed E-state index contributed by atoms with van der Waals surface area (Å²) in [6.45, 7) is 7.98. The van der Waals surface area contributed by atoms with Gasteiger partial charge < -0.3 is 10.2 Å². The lowest BCUT2D eigenvalue weighted by Crippen LogP contribution is -1.78. The molecule has 2 nitrogen and oxygen atoms in total. The van der Waals surface area contributed by atoms with Gasteiger partial charge in [-0.05, 0) is 31.0 Å². The van der Waals surface area contributed by atoms with Gasteiger partial charge in [-0.2, -0.15) is 0 Å². The zero-order chi connectivity index (χ0) is 11.1. The van der Waals surface area contributed by atoms with Gasteiger partial charge in [-0.1, -0.05) is 32.8 Å². The first kappa shape index (κ1) is 12.8. The van der Waals surface area contributed by atoms with Crippen molar-refractivity contribution in [2.24, 2.45) is 0 Å². The summed E-state index contributed by atoms with van der Waals surface area (Å²) in [5, 5.41) is 18.1. The molecule has 0 unspecified atom stereocenters. The van der Waals surface area contributed by atoms with E-state index in [1.165, 1.54) is 18.9 Å². The molecule has 0 fully saturated rings. The number of benzene rings is 1. The monoisotopic (exact) mass is 196 g/mol. The molecule has 0 aliphatic carbocycles. The van der Waals surface area contributed by atoms with Gasteiger partial charge in [0.1, 0.15) is 0 Å². The minimum absolute atomic E-state index is 0.0226. The summed E-state index contributed by atoms with van der Waals surface area (Å²) in [6.07, 6.45) is 2.64. The average Bonchev–Trinajstić information content (AvgIpc) is 2.14. The Morgan fingerprint density at radius 1 is 1.00 bits per heavy atom. The molecule has 0 atom stereocenters. The van der Waals surface area contributed by atoms with Crippen LogP contribution in [0.5, 0.6) is 11.5 Å². The van der Waals surface area contributed by atoms with Crippen molar-refractivity contribution < 1.29 is 10.2 Å². The van der Waals surface area contributed by atoms with E-state index >= 15 is 0 Å². The first-order valence-electron chi connectivity index (χ1n) is 5.02. The molecule has 2 N–H and O–H groups in total. The number of rotatable bonds is 1. The molecule has 0 heterocycles. The van der Waals surface area contributed by atoms with E-state index in [1.807, 2.05) is 13.0 Å². The van der Waals surface area contributed by atoms with Gasteiger partial charge in [0.15, 0.2) is 11.5 Å². The van der Waals surface area contributed by atoms with Crippen molar-refractivity contribution in [3.63, 3.8) is 0 Å². The van der Waals surface area contributed by atoms with Gasteiger partial charge >= 0.3 is 0 Å². The standard InChI is InChI=1S/C8H10O2.C4H10/c1-5-3-6(2)8(10)7(9)4-5;1-3-4-2/h3-4,9-10H,1-2H3;3-4H2,1-2H3. The number of aryl methyl sites for hydroxylation is 2. The average molecular weight is 196 g/mol. The van der Waals surface area contributed by atoms with Crippen LogP contribution in [-0.4, -0.2) is 10.2 Å². The van der Waals surface area contributed by atoms with Gasteiger partial charge in [0.25, 0.3) is 0 Å². The van der Waals surface area contributed by atoms with Crippen LogP contribution in [0, 0.1) is 13.8 Å². The Kier molecular flexibility index (Phi) is 5.77. The Labute approximate surface area is 86.2 Å². The van der Waals surface area contributed by atoms with Crippen molar-refractivity contribution in [2.45, 2.75) is 40.5 Å². The van der Waals surface area contributed by atoms with E-state index in [9.17, 15) is 0 Å². The lowest BCUT2D eigenvalue weighted by atomic mass is 10.1. The van der Waals surface area contributed by atoms with Crippen LogP contribution in [0.3, 0.4) is 0 Å². The SMILES string of the molecule is CCCC.Cc1cc(C)c(O)c(O)c1. The molecular weight excluding hydrogens is 176 g/mol. The van der Waals surface area contributed by atoms with Crippen molar-refractivity contribution in [1.82, 2.24) is 0 Å². The lowest BCUT2D eigenvalue weighted by Gasteiger charge is -2.01. The van der Waals surface area contributed by atoms with Crippen molar-refractivity contribution in [3.05, 3.63) is 23.3 Å². The predicted molar refractivity (Wildman–Crippen MR) is 59.8 cm³/mol. The molecule has 0 radical (unpaired) electrons. The second kappa shape index (κ2) is 6.30. The van der Waals surface area contributed by atoms with Crippen LogP contribution in [0.15, 0.2) is 12.1 Å². The quantitative estimate of drug-likeness (QED) is 0.675. The second-order valence-corrected chi connectivity index (χ2v) is 3.45. The molecule has 0 amide bonds. The van der Waals surface area contributed by atoms with Crippen LogP contribution in [0.2, 0.25) is 0 Å². The molecule has 0 saturated carbocycles. The summed E-state index contributed by atoms with van der Waals surface area (Å²) in [7, 11) is 0. The van der Waals surface area contributed by atoms with Gasteiger partial charge in [-0.25, -0.2) is 0 Å². The minimum atomic E-state index is -0.0440. The molecule has 1 rings (SSSR count). The highest BCUT2D eigenvalue weighted by molar-refractivity contribution is 5.46. The Bertz CT molecular complexity index is 255. The predicted octanol–water partition coefficient (Wildman–Crippen LogP) is 3.52. The Morgan fingerprint density at radius 2 is 1.50 bits per heavy atom. The van der Waals surface area contributed by atoms with Crippen LogP contribution >= 0.6 is 0 Å². The van der Waals surface area contributed by atoms with Gasteiger partial charge in [0.2, 0.25) is 0 Å². The molecule has 0 aliphatic heterocycles. The zero-order valence-electron chi connectivity index (χ0n) is 9.46. The van der Waals surface area contributed by atoms with Crippen molar-refractivity contribution in [1.29, 1.82) is 0 Å². The third-order valence-corrected chi connectivity index (χ3v) is 1.92. The summed E-state index contributed by atoms with van der Waals surface area (Å²) in [5.41, 5.74) is 1.66. The van der Waals surface area contributed by atoms with E-state index in [1.54, 1.807) is 6.92 Å². The van der Waals surface area contributed by atoms with Crippen LogP contribution in [0.25, 0.3) is 0 Å². The summed E-state index contributed by atoms with van der Waals surface area (Å²) in [4.78, 5) is 0. The zero-order valence-corrected chi connectivity index (χ0v) is 9.46. The highest BCUT2D eigenvalue weighted by Crippen LogP contribution is 2.28. The number of aromatic hydroxyl groups is 2. The van der Waals surface area contributed by atoms with Crippen LogP contribution in [-0.2, 0) is 0 Å². The van der Waals surface area contributed by atoms with E-state index in [0.717, 1.165) is 5.56 Å². The third-order valence-electron chi connectivity index (χ3n) is 1.92. The molecule has 0 aliphatic rings. The minimum Gasteiger partial charge on any atom is -0.504 e. The van der Waals surface area contributed by atoms with Crippen LogP contribution in [0.4, 0.5) is 0 Å². The van der Waals surface area contributed by atoms with E-state index in [4.69, 9.17) is 10.2 Å². The van der Waals surface area contributed by atoms with E-state index < -0.39 is 0 Å². The number of phenols is 2. The van der Waals surface area contributed by atoms with Gasteiger partial charge in [-0.15, -0.1) is 0 Å². The highest BCUT2D eigenvalue weighted by atomic mass is 16.3. The van der Waals surface area contributed by atoms with Crippen LogP contribution in [0.1, 0.15) is 37.8 Å². The molecule has 1 aromatic rings. The summed E-state index contributed by atoms with van der Waals surface area (Å²) >= 11 is 0. The topological polar surface area (TPSA) is 40.5 Å². The smallest absolute Gasteiger partial charge is 0.160 e.